The third-order valence-electron chi connectivity index (χ3n) is 3.90. The lowest BCUT2D eigenvalue weighted by atomic mass is 10.2. The Kier molecular flexibility index (Phi) is 6.69. The van der Waals surface area contributed by atoms with E-state index >= 15 is 0 Å². The maximum atomic E-state index is 11.5. The summed E-state index contributed by atoms with van der Waals surface area (Å²) < 4.78 is 5.58. The smallest absolute Gasteiger partial charge is 0.219 e. The molecule has 2 rings (SSSR count). The molecule has 6 heteroatoms. The number of nitrogens with zero attached hydrogens (tertiary/aromatic N) is 2. The second-order valence-electron chi connectivity index (χ2n) is 5.97. The van der Waals surface area contributed by atoms with E-state index in [0.29, 0.717) is 43.6 Å². The second-order valence-corrected chi connectivity index (χ2v) is 6.37. The summed E-state index contributed by atoms with van der Waals surface area (Å²) in [7, 11) is 0. The van der Waals surface area contributed by atoms with Gasteiger partial charge in [-0.1, -0.05) is 24.6 Å². The second kappa shape index (κ2) is 8.52. The van der Waals surface area contributed by atoms with E-state index in [9.17, 15) is 9.90 Å². The molecular weight excluding hydrogens is 316 g/mol. The Hall–Kier alpha value is -1.30. The Morgan fingerprint density at radius 3 is 2.83 bits per heavy atom. The maximum Gasteiger partial charge on any atom is 0.219 e. The standard InChI is InChI=1S/C17H25ClN2O3/c1-3-8-23-17-5-4-14(9-16(17)18)10-19-6-7-20(13(2)21)12-15(22)11-19/h4-5,9,15,22H,3,6-8,10-12H2,1-2H3/t15-/m0/s1. The molecule has 5 nitrogen and oxygen atoms in total. The zero-order valence-corrected chi connectivity index (χ0v) is 14.6. The highest BCUT2D eigenvalue weighted by molar-refractivity contribution is 6.32. The van der Waals surface area contributed by atoms with Gasteiger partial charge in [-0.25, -0.2) is 0 Å². The molecule has 0 aliphatic carbocycles. The van der Waals surface area contributed by atoms with Gasteiger partial charge in [-0.3, -0.25) is 9.69 Å². The molecule has 0 saturated carbocycles. The van der Waals surface area contributed by atoms with Crippen molar-refractivity contribution in [2.75, 3.05) is 32.8 Å². The minimum Gasteiger partial charge on any atom is -0.492 e. The van der Waals surface area contributed by atoms with Crippen LogP contribution in [0.4, 0.5) is 0 Å². The summed E-state index contributed by atoms with van der Waals surface area (Å²) in [5.74, 6) is 0.710. The van der Waals surface area contributed by atoms with Crippen LogP contribution in [-0.2, 0) is 11.3 Å². The highest BCUT2D eigenvalue weighted by Crippen LogP contribution is 2.26. The molecule has 1 aromatic rings. The summed E-state index contributed by atoms with van der Waals surface area (Å²) >= 11 is 6.26. The minimum absolute atomic E-state index is 0.00590. The first-order chi connectivity index (χ1) is 11.0. The van der Waals surface area contributed by atoms with E-state index in [1.807, 2.05) is 18.2 Å². The van der Waals surface area contributed by atoms with Gasteiger partial charge >= 0.3 is 0 Å². The third-order valence-corrected chi connectivity index (χ3v) is 4.19. The fourth-order valence-electron chi connectivity index (χ4n) is 2.71. The maximum absolute atomic E-state index is 11.5. The lowest BCUT2D eigenvalue weighted by Gasteiger charge is -2.21. The minimum atomic E-state index is -0.524. The Balaban J connectivity index is 1.98. The van der Waals surface area contributed by atoms with Crippen LogP contribution >= 0.6 is 11.6 Å². The van der Waals surface area contributed by atoms with Crippen molar-refractivity contribution in [2.24, 2.45) is 0 Å². The van der Waals surface area contributed by atoms with Gasteiger partial charge < -0.3 is 14.7 Å². The van der Waals surface area contributed by atoms with E-state index in [1.165, 1.54) is 6.92 Å². The number of amides is 1. The first kappa shape index (κ1) is 18.0. The van der Waals surface area contributed by atoms with Crippen molar-refractivity contribution in [3.05, 3.63) is 28.8 Å². The molecule has 1 aliphatic heterocycles. The molecule has 1 atom stereocenters. The van der Waals surface area contributed by atoms with E-state index in [4.69, 9.17) is 16.3 Å². The van der Waals surface area contributed by atoms with Crippen molar-refractivity contribution in [3.8, 4) is 5.75 Å². The Bertz CT molecular complexity index is 539. The molecule has 0 unspecified atom stereocenters. The number of halogens is 1. The highest BCUT2D eigenvalue weighted by Gasteiger charge is 2.22. The summed E-state index contributed by atoms with van der Waals surface area (Å²) in [5.41, 5.74) is 1.07. The molecule has 1 amide bonds. The molecule has 0 aromatic heterocycles. The van der Waals surface area contributed by atoms with E-state index < -0.39 is 6.10 Å². The molecule has 0 bridgehead atoms. The van der Waals surface area contributed by atoms with Crippen molar-refractivity contribution in [2.45, 2.75) is 32.9 Å². The number of ether oxygens (including phenoxy) is 1. The van der Waals surface area contributed by atoms with Crippen LogP contribution in [0.5, 0.6) is 5.75 Å². The van der Waals surface area contributed by atoms with Crippen LogP contribution in [0.3, 0.4) is 0 Å². The van der Waals surface area contributed by atoms with Crippen LogP contribution in [0.1, 0.15) is 25.8 Å². The molecule has 0 radical (unpaired) electrons. The Labute approximate surface area is 142 Å². The lowest BCUT2D eigenvalue weighted by Crippen LogP contribution is -2.36. The molecular formula is C17H25ClN2O3. The summed E-state index contributed by atoms with van der Waals surface area (Å²) in [5, 5.41) is 10.7. The van der Waals surface area contributed by atoms with Gasteiger partial charge in [0.05, 0.1) is 17.7 Å². The number of aliphatic hydroxyl groups is 1. The zero-order chi connectivity index (χ0) is 16.8. The zero-order valence-electron chi connectivity index (χ0n) is 13.8. The number of aliphatic hydroxyl groups excluding tert-OH is 1. The van der Waals surface area contributed by atoms with E-state index in [2.05, 4.69) is 11.8 Å². The number of β-amino-alcohol motifs (C(OH)–C–C–N with tert-alkyl or cyclic N) is 1. The number of benzene rings is 1. The Morgan fingerprint density at radius 2 is 2.17 bits per heavy atom. The van der Waals surface area contributed by atoms with Crippen LogP contribution in [0.2, 0.25) is 5.02 Å². The number of carbonyl (C=O) groups excluding carboxylic acids is 1. The van der Waals surface area contributed by atoms with E-state index in [-0.39, 0.29) is 5.91 Å². The fourth-order valence-corrected chi connectivity index (χ4v) is 2.97. The summed E-state index contributed by atoms with van der Waals surface area (Å²) in [6.07, 6.45) is 0.417. The average Bonchev–Trinajstić information content (AvgIpc) is 2.68. The summed E-state index contributed by atoms with van der Waals surface area (Å²) in [6, 6.07) is 5.80. The highest BCUT2D eigenvalue weighted by atomic mass is 35.5. The van der Waals surface area contributed by atoms with Crippen LogP contribution < -0.4 is 4.74 Å². The number of carbonyl (C=O) groups is 1. The largest absolute Gasteiger partial charge is 0.492 e. The van der Waals surface area contributed by atoms with Crippen molar-refractivity contribution in [1.82, 2.24) is 9.80 Å². The summed E-state index contributed by atoms with van der Waals surface area (Å²) in [6.45, 7) is 7.26. The van der Waals surface area contributed by atoms with Gasteiger partial charge in [0.25, 0.3) is 0 Å². The molecule has 128 valence electrons. The van der Waals surface area contributed by atoms with Crippen LogP contribution in [-0.4, -0.2) is 59.7 Å². The lowest BCUT2D eigenvalue weighted by molar-refractivity contribution is -0.129. The molecule has 23 heavy (non-hydrogen) atoms. The predicted octanol–water partition coefficient (Wildman–Crippen LogP) is 2.15. The van der Waals surface area contributed by atoms with Crippen LogP contribution in [0, 0.1) is 0 Å². The topological polar surface area (TPSA) is 53.0 Å². The first-order valence-corrected chi connectivity index (χ1v) is 8.44. The number of rotatable bonds is 5. The average molecular weight is 341 g/mol. The van der Waals surface area contributed by atoms with Crippen molar-refractivity contribution in [3.63, 3.8) is 0 Å². The van der Waals surface area contributed by atoms with E-state index in [0.717, 1.165) is 18.5 Å². The van der Waals surface area contributed by atoms with Crippen molar-refractivity contribution < 1.29 is 14.6 Å². The normalized spacial score (nSPS) is 19.5. The van der Waals surface area contributed by atoms with Gasteiger partial charge in [0.15, 0.2) is 0 Å². The fraction of sp³-hybridized carbons (Fsp3) is 0.588. The first-order valence-electron chi connectivity index (χ1n) is 8.06. The molecule has 1 aliphatic rings. The molecule has 1 saturated heterocycles. The van der Waals surface area contributed by atoms with Gasteiger partial charge in [0.1, 0.15) is 5.75 Å². The monoisotopic (exact) mass is 340 g/mol. The molecule has 1 aromatic carbocycles. The van der Waals surface area contributed by atoms with Gasteiger partial charge in [-0.05, 0) is 24.1 Å². The van der Waals surface area contributed by atoms with Gasteiger partial charge in [-0.15, -0.1) is 0 Å². The molecule has 1 heterocycles. The van der Waals surface area contributed by atoms with E-state index in [1.54, 1.807) is 4.90 Å². The van der Waals surface area contributed by atoms with Crippen molar-refractivity contribution in [1.29, 1.82) is 0 Å². The third kappa shape index (κ3) is 5.37. The molecule has 1 N–H and O–H groups in total. The Morgan fingerprint density at radius 1 is 1.39 bits per heavy atom. The van der Waals surface area contributed by atoms with Crippen LogP contribution in [0.15, 0.2) is 18.2 Å². The van der Waals surface area contributed by atoms with Crippen LogP contribution in [0.25, 0.3) is 0 Å². The summed E-state index contributed by atoms with van der Waals surface area (Å²) in [4.78, 5) is 15.3. The predicted molar refractivity (Wildman–Crippen MR) is 90.8 cm³/mol. The molecule has 0 spiro atoms. The van der Waals surface area contributed by atoms with Gasteiger partial charge in [0.2, 0.25) is 5.91 Å². The SMILES string of the molecule is CCCOc1ccc(CN2CCN(C(C)=O)C[C@@H](O)C2)cc1Cl. The number of hydrogen-bond donors (Lipinski definition) is 1. The van der Waals surface area contributed by atoms with Gasteiger partial charge in [-0.2, -0.15) is 0 Å². The van der Waals surface area contributed by atoms with Crippen molar-refractivity contribution >= 4 is 17.5 Å². The van der Waals surface area contributed by atoms with Gasteiger partial charge in [0, 0.05) is 39.6 Å². The number of hydrogen-bond acceptors (Lipinski definition) is 4. The quantitative estimate of drug-likeness (QED) is 0.892. The molecule has 1 fully saturated rings.